The SMILES string of the molecule is CC(CCO)NC(=O)c1ccc(-c2ccccc2F)o1. The van der Waals surface area contributed by atoms with Gasteiger partial charge in [-0.15, -0.1) is 0 Å². The standard InChI is InChI=1S/C15H16FNO3/c1-10(8-9-18)17-15(19)14-7-6-13(20-14)11-4-2-3-5-12(11)16/h2-7,10,18H,8-9H2,1H3,(H,17,19). The molecule has 0 radical (unpaired) electrons. The van der Waals surface area contributed by atoms with Gasteiger partial charge in [0.2, 0.25) is 0 Å². The summed E-state index contributed by atoms with van der Waals surface area (Å²) in [5.41, 5.74) is 0.315. The highest BCUT2D eigenvalue weighted by Gasteiger charge is 2.15. The lowest BCUT2D eigenvalue weighted by Crippen LogP contribution is -2.32. The lowest BCUT2D eigenvalue weighted by Gasteiger charge is -2.10. The van der Waals surface area contributed by atoms with Gasteiger partial charge in [-0.25, -0.2) is 4.39 Å². The van der Waals surface area contributed by atoms with Crippen molar-refractivity contribution in [3.63, 3.8) is 0 Å². The lowest BCUT2D eigenvalue weighted by molar-refractivity contribution is 0.0907. The molecule has 20 heavy (non-hydrogen) atoms. The number of hydrogen-bond donors (Lipinski definition) is 2. The Kier molecular flexibility index (Phi) is 4.53. The van der Waals surface area contributed by atoms with Gasteiger partial charge >= 0.3 is 0 Å². The molecule has 2 rings (SSSR count). The zero-order valence-electron chi connectivity index (χ0n) is 11.1. The smallest absolute Gasteiger partial charge is 0.287 e. The summed E-state index contributed by atoms with van der Waals surface area (Å²) in [6.45, 7) is 1.79. The monoisotopic (exact) mass is 277 g/mol. The maximum Gasteiger partial charge on any atom is 0.287 e. The zero-order chi connectivity index (χ0) is 14.5. The molecule has 1 atom stereocenters. The predicted octanol–water partition coefficient (Wildman–Crippen LogP) is 2.59. The van der Waals surface area contributed by atoms with Gasteiger partial charge in [0, 0.05) is 12.6 Å². The summed E-state index contributed by atoms with van der Waals surface area (Å²) in [5.74, 6) is -0.355. The Labute approximate surface area is 116 Å². The molecule has 0 aliphatic carbocycles. The van der Waals surface area contributed by atoms with Gasteiger partial charge in [0.15, 0.2) is 5.76 Å². The summed E-state index contributed by atoms with van der Waals surface area (Å²) < 4.78 is 19.0. The number of halogens is 1. The fourth-order valence-corrected chi connectivity index (χ4v) is 1.83. The first-order valence-electron chi connectivity index (χ1n) is 6.38. The van der Waals surface area contributed by atoms with Crippen molar-refractivity contribution >= 4 is 5.91 Å². The fraction of sp³-hybridized carbons (Fsp3) is 0.267. The van der Waals surface area contributed by atoms with Crippen LogP contribution in [0.4, 0.5) is 4.39 Å². The first-order valence-corrected chi connectivity index (χ1v) is 6.38. The molecule has 1 amide bonds. The van der Waals surface area contributed by atoms with Gasteiger partial charge in [-0.05, 0) is 37.6 Å². The van der Waals surface area contributed by atoms with Crippen molar-refractivity contribution < 1.29 is 18.7 Å². The van der Waals surface area contributed by atoms with E-state index in [1.807, 2.05) is 0 Å². The van der Waals surface area contributed by atoms with E-state index in [9.17, 15) is 9.18 Å². The molecule has 5 heteroatoms. The molecule has 0 saturated carbocycles. The third-order valence-corrected chi connectivity index (χ3v) is 2.91. The van der Waals surface area contributed by atoms with Crippen LogP contribution in [0.2, 0.25) is 0 Å². The average Bonchev–Trinajstić information content (AvgIpc) is 2.89. The molecule has 1 aromatic heterocycles. The van der Waals surface area contributed by atoms with Gasteiger partial charge in [0.25, 0.3) is 5.91 Å². The van der Waals surface area contributed by atoms with E-state index in [1.165, 1.54) is 12.1 Å². The molecule has 0 fully saturated rings. The molecule has 4 nitrogen and oxygen atoms in total. The molecule has 1 heterocycles. The molecule has 0 spiro atoms. The summed E-state index contributed by atoms with van der Waals surface area (Å²) in [5, 5.41) is 11.5. The number of carbonyl (C=O) groups is 1. The molecule has 0 saturated heterocycles. The summed E-state index contributed by atoms with van der Waals surface area (Å²) in [4.78, 5) is 11.9. The quantitative estimate of drug-likeness (QED) is 0.883. The number of hydrogen-bond acceptors (Lipinski definition) is 3. The molecule has 106 valence electrons. The van der Waals surface area contributed by atoms with E-state index in [-0.39, 0.29) is 24.3 Å². The van der Waals surface area contributed by atoms with Gasteiger partial charge in [-0.2, -0.15) is 0 Å². The molecule has 2 N–H and O–H groups in total. The largest absolute Gasteiger partial charge is 0.451 e. The molecule has 2 aromatic rings. The number of nitrogens with one attached hydrogen (secondary N) is 1. The Hall–Kier alpha value is -2.14. The maximum absolute atomic E-state index is 13.6. The Morgan fingerprint density at radius 2 is 2.10 bits per heavy atom. The van der Waals surface area contributed by atoms with Crippen LogP contribution in [0, 0.1) is 5.82 Å². The highest BCUT2D eigenvalue weighted by atomic mass is 19.1. The van der Waals surface area contributed by atoms with Gasteiger partial charge in [0.05, 0.1) is 5.56 Å². The number of furan rings is 1. The summed E-state index contributed by atoms with van der Waals surface area (Å²) in [7, 11) is 0. The minimum atomic E-state index is -0.401. The third kappa shape index (κ3) is 3.24. The van der Waals surface area contributed by atoms with Gasteiger partial charge in [-0.1, -0.05) is 12.1 Å². The second-order valence-corrected chi connectivity index (χ2v) is 4.53. The van der Waals surface area contributed by atoms with E-state index in [4.69, 9.17) is 9.52 Å². The Morgan fingerprint density at radius 1 is 1.35 bits per heavy atom. The second-order valence-electron chi connectivity index (χ2n) is 4.53. The Morgan fingerprint density at radius 3 is 2.80 bits per heavy atom. The highest BCUT2D eigenvalue weighted by molar-refractivity contribution is 5.92. The predicted molar refractivity (Wildman–Crippen MR) is 72.7 cm³/mol. The summed E-state index contributed by atoms with van der Waals surface area (Å²) in [6, 6.07) is 9.11. The van der Waals surface area contributed by atoms with Crippen LogP contribution >= 0.6 is 0 Å². The van der Waals surface area contributed by atoms with Crippen LogP contribution in [-0.2, 0) is 0 Å². The van der Waals surface area contributed by atoms with E-state index in [0.717, 1.165) is 0 Å². The number of rotatable bonds is 5. The van der Waals surface area contributed by atoms with Crippen molar-refractivity contribution in [2.45, 2.75) is 19.4 Å². The van der Waals surface area contributed by atoms with Crippen molar-refractivity contribution in [3.8, 4) is 11.3 Å². The number of carbonyl (C=O) groups excluding carboxylic acids is 1. The average molecular weight is 277 g/mol. The number of aliphatic hydroxyl groups excluding tert-OH is 1. The fourth-order valence-electron chi connectivity index (χ4n) is 1.83. The number of benzene rings is 1. The van der Waals surface area contributed by atoms with Crippen LogP contribution in [-0.4, -0.2) is 23.7 Å². The van der Waals surface area contributed by atoms with Crippen molar-refractivity contribution in [2.75, 3.05) is 6.61 Å². The maximum atomic E-state index is 13.6. The summed E-state index contributed by atoms with van der Waals surface area (Å²) >= 11 is 0. The van der Waals surface area contributed by atoms with Crippen molar-refractivity contribution in [1.29, 1.82) is 0 Å². The van der Waals surface area contributed by atoms with Crippen molar-refractivity contribution in [3.05, 3.63) is 48.0 Å². The molecule has 0 bridgehead atoms. The van der Waals surface area contributed by atoms with E-state index < -0.39 is 5.82 Å². The lowest BCUT2D eigenvalue weighted by atomic mass is 10.1. The molecule has 1 aromatic carbocycles. The van der Waals surface area contributed by atoms with Crippen LogP contribution in [0.1, 0.15) is 23.9 Å². The number of aliphatic hydroxyl groups is 1. The van der Waals surface area contributed by atoms with Crippen LogP contribution in [0.3, 0.4) is 0 Å². The first kappa shape index (κ1) is 14.3. The second kappa shape index (κ2) is 6.34. The first-order chi connectivity index (χ1) is 9.61. The minimum Gasteiger partial charge on any atom is -0.451 e. The van der Waals surface area contributed by atoms with Crippen LogP contribution in [0.5, 0.6) is 0 Å². The third-order valence-electron chi connectivity index (χ3n) is 2.91. The van der Waals surface area contributed by atoms with E-state index in [2.05, 4.69) is 5.32 Å². The molecule has 1 unspecified atom stereocenters. The van der Waals surface area contributed by atoms with E-state index in [1.54, 1.807) is 31.2 Å². The van der Waals surface area contributed by atoms with Crippen molar-refractivity contribution in [1.82, 2.24) is 5.32 Å². The normalized spacial score (nSPS) is 12.2. The number of amides is 1. The Balaban J connectivity index is 2.13. The highest BCUT2D eigenvalue weighted by Crippen LogP contribution is 2.24. The van der Waals surface area contributed by atoms with Gasteiger partial charge < -0.3 is 14.8 Å². The summed E-state index contributed by atoms with van der Waals surface area (Å²) in [6.07, 6.45) is 0.465. The molecular formula is C15H16FNO3. The molecule has 0 aliphatic rings. The minimum absolute atomic E-state index is 0.0000774. The van der Waals surface area contributed by atoms with Gasteiger partial charge in [-0.3, -0.25) is 4.79 Å². The van der Waals surface area contributed by atoms with E-state index in [0.29, 0.717) is 17.7 Å². The van der Waals surface area contributed by atoms with Crippen LogP contribution in [0.25, 0.3) is 11.3 Å². The topological polar surface area (TPSA) is 62.5 Å². The van der Waals surface area contributed by atoms with Crippen LogP contribution < -0.4 is 5.32 Å². The zero-order valence-corrected chi connectivity index (χ0v) is 11.1. The Bertz CT molecular complexity index is 594. The van der Waals surface area contributed by atoms with Crippen molar-refractivity contribution in [2.24, 2.45) is 0 Å². The molecule has 0 aliphatic heterocycles. The van der Waals surface area contributed by atoms with Gasteiger partial charge in [0.1, 0.15) is 11.6 Å². The molecular weight excluding hydrogens is 261 g/mol. The van der Waals surface area contributed by atoms with E-state index >= 15 is 0 Å². The van der Waals surface area contributed by atoms with Crippen LogP contribution in [0.15, 0.2) is 40.8 Å².